The van der Waals surface area contributed by atoms with E-state index >= 15 is 0 Å². The van der Waals surface area contributed by atoms with Crippen LogP contribution in [0.2, 0.25) is 0 Å². The van der Waals surface area contributed by atoms with Gasteiger partial charge in [0, 0.05) is 36.3 Å². The molecule has 1 N–H and O–H groups in total. The van der Waals surface area contributed by atoms with E-state index in [-0.39, 0.29) is 5.78 Å². The van der Waals surface area contributed by atoms with Gasteiger partial charge in [0.2, 0.25) is 5.13 Å². The SMILES string of the molecule is COCCn1c(C)cc(C(=O)CSc2nnc(Nc3cccc(C)c3C)s2)c1C. The summed E-state index contributed by atoms with van der Waals surface area (Å²) in [7, 11) is 1.68. The van der Waals surface area contributed by atoms with E-state index in [9.17, 15) is 4.79 Å². The molecule has 0 atom stereocenters. The number of nitrogens with zero attached hydrogens (tertiary/aromatic N) is 3. The molecule has 154 valence electrons. The molecule has 3 rings (SSSR count). The molecule has 1 aromatic carbocycles. The summed E-state index contributed by atoms with van der Waals surface area (Å²) in [6.45, 7) is 9.54. The average molecular weight is 431 g/mol. The lowest BCUT2D eigenvalue weighted by molar-refractivity contribution is 0.102. The van der Waals surface area contributed by atoms with Crippen LogP contribution in [0.1, 0.15) is 32.9 Å². The summed E-state index contributed by atoms with van der Waals surface area (Å²) in [4.78, 5) is 12.7. The lowest BCUT2D eigenvalue weighted by Gasteiger charge is -2.08. The Labute approximate surface area is 179 Å². The normalized spacial score (nSPS) is 11.1. The summed E-state index contributed by atoms with van der Waals surface area (Å²) in [6, 6.07) is 8.09. The zero-order valence-corrected chi connectivity index (χ0v) is 19.0. The number of ether oxygens (including phenoxy) is 1. The Kier molecular flexibility index (Phi) is 7.10. The number of ketones is 1. The number of aromatic nitrogens is 3. The minimum atomic E-state index is 0.103. The molecule has 0 amide bonds. The molecule has 8 heteroatoms. The van der Waals surface area contributed by atoms with Gasteiger partial charge in [-0.2, -0.15) is 0 Å². The van der Waals surface area contributed by atoms with E-state index in [2.05, 4.69) is 40.0 Å². The highest BCUT2D eigenvalue weighted by Gasteiger charge is 2.17. The van der Waals surface area contributed by atoms with Gasteiger partial charge in [-0.15, -0.1) is 10.2 Å². The molecule has 0 saturated carbocycles. The van der Waals surface area contributed by atoms with Gasteiger partial charge in [-0.05, 0) is 51.0 Å². The van der Waals surface area contributed by atoms with E-state index in [1.807, 2.05) is 32.0 Å². The Morgan fingerprint density at radius 3 is 2.79 bits per heavy atom. The molecule has 0 bridgehead atoms. The highest BCUT2D eigenvalue weighted by Crippen LogP contribution is 2.30. The van der Waals surface area contributed by atoms with Gasteiger partial charge in [0.25, 0.3) is 0 Å². The van der Waals surface area contributed by atoms with Gasteiger partial charge in [-0.1, -0.05) is 35.2 Å². The third-order valence-electron chi connectivity index (χ3n) is 4.97. The van der Waals surface area contributed by atoms with Crippen molar-refractivity contribution in [1.29, 1.82) is 0 Å². The number of rotatable bonds is 9. The van der Waals surface area contributed by atoms with Gasteiger partial charge in [0.1, 0.15) is 0 Å². The summed E-state index contributed by atoms with van der Waals surface area (Å²) >= 11 is 2.88. The number of anilines is 2. The van der Waals surface area contributed by atoms with Gasteiger partial charge < -0.3 is 14.6 Å². The number of Topliss-reactive ketones (excluding diaryl/α,β-unsaturated/α-hetero) is 1. The second-order valence-corrected chi connectivity index (χ2v) is 9.09. The number of methoxy groups -OCH3 is 1. The van der Waals surface area contributed by atoms with Crippen LogP contribution in [0.15, 0.2) is 28.6 Å². The quantitative estimate of drug-likeness (QED) is 0.383. The molecule has 0 spiro atoms. The Morgan fingerprint density at radius 2 is 2.03 bits per heavy atom. The maximum atomic E-state index is 12.7. The number of hydrogen-bond donors (Lipinski definition) is 1. The van der Waals surface area contributed by atoms with E-state index in [1.165, 1.54) is 34.2 Å². The standard InChI is InChI=1S/C21H26N4O2S2/c1-13-7-6-8-18(15(13)3)22-20-23-24-21(29-20)28-12-19(26)17-11-14(2)25(16(17)4)9-10-27-5/h6-8,11H,9-10,12H2,1-5H3,(H,22,23). The number of nitrogens with one attached hydrogen (secondary N) is 1. The Balaban J connectivity index is 1.62. The summed E-state index contributed by atoms with van der Waals surface area (Å²) < 4.78 is 8.06. The Bertz CT molecular complexity index is 1010. The van der Waals surface area contributed by atoms with Gasteiger partial charge >= 0.3 is 0 Å². The molecule has 2 heterocycles. The lowest BCUT2D eigenvalue weighted by Crippen LogP contribution is -2.09. The number of carbonyl (C=O) groups excluding carboxylic acids is 1. The second-order valence-electron chi connectivity index (χ2n) is 6.89. The maximum Gasteiger partial charge on any atom is 0.210 e. The molecular formula is C21H26N4O2S2. The van der Waals surface area contributed by atoms with Crippen molar-refractivity contribution in [2.45, 2.75) is 38.6 Å². The topological polar surface area (TPSA) is 69.0 Å². The van der Waals surface area contributed by atoms with Gasteiger partial charge in [0.15, 0.2) is 10.1 Å². The van der Waals surface area contributed by atoms with E-state index < -0.39 is 0 Å². The van der Waals surface area contributed by atoms with Gasteiger partial charge in [0.05, 0.1) is 12.4 Å². The minimum Gasteiger partial charge on any atom is -0.383 e. The van der Waals surface area contributed by atoms with Crippen LogP contribution in [0.4, 0.5) is 10.8 Å². The molecule has 0 aliphatic heterocycles. The van der Waals surface area contributed by atoms with Crippen LogP contribution in [-0.4, -0.2) is 40.0 Å². The molecule has 0 saturated heterocycles. The van der Waals surface area contributed by atoms with Crippen molar-refractivity contribution in [2.24, 2.45) is 0 Å². The van der Waals surface area contributed by atoms with E-state index in [4.69, 9.17) is 4.74 Å². The fraction of sp³-hybridized carbons (Fsp3) is 0.381. The van der Waals surface area contributed by atoms with Crippen LogP contribution < -0.4 is 5.32 Å². The largest absolute Gasteiger partial charge is 0.383 e. The first kappa shape index (κ1) is 21.5. The smallest absolute Gasteiger partial charge is 0.210 e. The molecule has 3 aromatic rings. The molecular weight excluding hydrogens is 404 g/mol. The third-order valence-corrected chi connectivity index (χ3v) is 6.94. The number of thioether (sulfide) groups is 1. The maximum absolute atomic E-state index is 12.7. The number of benzene rings is 1. The Morgan fingerprint density at radius 1 is 1.24 bits per heavy atom. The predicted octanol–water partition coefficient (Wildman–Crippen LogP) is 4.94. The lowest BCUT2D eigenvalue weighted by atomic mass is 10.1. The summed E-state index contributed by atoms with van der Waals surface area (Å²) in [5.41, 5.74) is 6.27. The molecule has 6 nitrogen and oxygen atoms in total. The third kappa shape index (κ3) is 5.07. The first-order valence-corrected chi connectivity index (χ1v) is 11.2. The van der Waals surface area contributed by atoms with Crippen LogP contribution in [0, 0.1) is 27.7 Å². The first-order chi connectivity index (χ1) is 13.9. The van der Waals surface area contributed by atoms with Crippen molar-refractivity contribution in [3.63, 3.8) is 0 Å². The molecule has 0 aliphatic rings. The van der Waals surface area contributed by atoms with Crippen molar-refractivity contribution in [2.75, 3.05) is 24.8 Å². The van der Waals surface area contributed by atoms with E-state index in [1.54, 1.807) is 7.11 Å². The summed E-state index contributed by atoms with van der Waals surface area (Å²) in [6.07, 6.45) is 0. The van der Waals surface area contributed by atoms with Crippen molar-refractivity contribution >= 4 is 39.7 Å². The molecule has 0 radical (unpaired) electrons. The predicted molar refractivity (Wildman–Crippen MR) is 120 cm³/mol. The van der Waals surface area contributed by atoms with Gasteiger partial charge in [-0.25, -0.2) is 0 Å². The second kappa shape index (κ2) is 9.56. The van der Waals surface area contributed by atoms with Crippen LogP contribution in [0.25, 0.3) is 0 Å². The molecule has 29 heavy (non-hydrogen) atoms. The first-order valence-electron chi connectivity index (χ1n) is 9.39. The number of carbonyl (C=O) groups is 1. The monoisotopic (exact) mass is 430 g/mol. The fourth-order valence-electron chi connectivity index (χ4n) is 3.14. The highest BCUT2D eigenvalue weighted by atomic mass is 32.2. The molecule has 0 aliphatic carbocycles. The Hall–Kier alpha value is -2.16. The summed E-state index contributed by atoms with van der Waals surface area (Å²) in [5, 5.41) is 12.5. The average Bonchev–Trinajstić information content (AvgIpc) is 3.26. The van der Waals surface area contributed by atoms with E-state index in [0.717, 1.165) is 38.7 Å². The van der Waals surface area contributed by atoms with Crippen molar-refractivity contribution in [3.05, 3.63) is 52.3 Å². The number of aryl methyl sites for hydroxylation is 2. The van der Waals surface area contributed by atoms with Crippen LogP contribution >= 0.6 is 23.1 Å². The van der Waals surface area contributed by atoms with Gasteiger partial charge in [-0.3, -0.25) is 4.79 Å². The van der Waals surface area contributed by atoms with Crippen molar-refractivity contribution < 1.29 is 9.53 Å². The van der Waals surface area contributed by atoms with Crippen molar-refractivity contribution in [3.8, 4) is 0 Å². The molecule has 0 unspecified atom stereocenters. The van der Waals surface area contributed by atoms with Crippen molar-refractivity contribution in [1.82, 2.24) is 14.8 Å². The minimum absolute atomic E-state index is 0.103. The zero-order chi connectivity index (χ0) is 21.0. The van der Waals surface area contributed by atoms with E-state index in [0.29, 0.717) is 12.4 Å². The van der Waals surface area contributed by atoms with Crippen LogP contribution in [0.5, 0.6) is 0 Å². The fourth-order valence-corrected chi connectivity index (χ4v) is 4.78. The molecule has 0 fully saturated rings. The van der Waals surface area contributed by atoms with Crippen LogP contribution in [-0.2, 0) is 11.3 Å². The number of hydrogen-bond acceptors (Lipinski definition) is 7. The summed E-state index contributed by atoms with van der Waals surface area (Å²) in [5.74, 6) is 0.443. The molecule has 2 aromatic heterocycles. The zero-order valence-electron chi connectivity index (χ0n) is 17.4. The van der Waals surface area contributed by atoms with Crippen LogP contribution in [0.3, 0.4) is 0 Å². The highest BCUT2D eigenvalue weighted by molar-refractivity contribution is 8.01.